The standard InChI is InChI=1S/C16H16F3IO2/c1-4-5-9-12(16(9,2)3)15(21)22-7-8-13(19)10(17)6-11(18)14(8)20/h4-6,9,12H,7H2,1-3H3/t9-,12+/m1/s1. The molecule has 22 heavy (non-hydrogen) atoms. The second-order valence-electron chi connectivity index (χ2n) is 5.91. The summed E-state index contributed by atoms with van der Waals surface area (Å²) < 4.78 is 45.4. The number of ether oxygens (including phenoxy) is 1. The maximum absolute atomic E-state index is 13.7. The molecule has 2 nitrogen and oxygen atoms in total. The summed E-state index contributed by atoms with van der Waals surface area (Å²) in [5, 5.41) is 0. The highest BCUT2D eigenvalue weighted by atomic mass is 127. The van der Waals surface area contributed by atoms with E-state index >= 15 is 0 Å². The fourth-order valence-corrected chi connectivity index (χ4v) is 3.22. The Kier molecular flexibility index (Phi) is 4.89. The van der Waals surface area contributed by atoms with Crippen LogP contribution in [-0.4, -0.2) is 5.97 Å². The molecule has 0 radical (unpaired) electrons. The van der Waals surface area contributed by atoms with Gasteiger partial charge in [-0.15, -0.1) is 0 Å². The largest absolute Gasteiger partial charge is 0.460 e. The lowest BCUT2D eigenvalue weighted by Gasteiger charge is -2.10. The van der Waals surface area contributed by atoms with Crippen molar-refractivity contribution in [3.63, 3.8) is 0 Å². The molecule has 0 N–H and O–H groups in total. The van der Waals surface area contributed by atoms with Crippen molar-refractivity contribution < 1.29 is 22.7 Å². The van der Waals surface area contributed by atoms with Crippen LogP contribution in [0.1, 0.15) is 26.3 Å². The highest BCUT2D eigenvalue weighted by Gasteiger charge is 2.61. The summed E-state index contributed by atoms with van der Waals surface area (Å²) >= 11 is 1.57. The molecule has 0 spiro atoms. The summed E-state index contributed by atoms with van der Waals surface area (Å²) in [5.41, 5.74) is -0.491. The Morgan fingerprint density at radius 2 is 2.00 bits per heavy atom. The molecule has 1 aliphatic carbocycles. The molecule has 2 atom stereocenters. The monoisotopic (exact) mass is 424 g/mol. The van der Waals surface area contributed by atoms with Crippen LogP contribution in [0.2, 0.25) is 0 Å². The molecule has 1 aliphatic rings. The van der Waals surface area contributed by atoms with Gasteiger partial charge in [0, 0.05) is 11.6 Å². The summed E-state index contributed by atoms with van der Waals surface area (Å²) in [4.78, 5) is 12.1. The Balaban J connectivity index is 2.10. The molecule has 0 saturated heterocycles. The minimum absolute atomic E-state index is 0.0677. The maximum Gasteiger partial charge on any atom is 0.310 e. The fourth-order valence-electron chi connectivity index (χ4n) is 2.68. The second kappa shape index (κ2) is 6.22. The number of hydrogen-bond donors (Lipinski definition) is 0. The molecule has 2 rings (SSSR count). The lowest BCUT2D eigenvalue weighted by Crippen LogP contribution is -2.13. The van der Waals surface area contributed by atoms with Crippen molar-refractivity contribution in [3.05, 3.63) is 44.8 Å². The molecule has 6 heteroatoms. The number of hydrogen-bond acceptors (Lipinski definition) is 2. The first-order valence-electron chi connectivity index (χ1n) is 6.83. The quantitative estimate of drug-likeness (QED) is 0.306. The van der Waals surface area contributed by atoms with E-state index in [1.54, 1.807) is 22.6 Å². The van der Waals surface area contributed by atoms with E-state index < -0.39 is 30.0 Å². The Bertz CT molecular complexity index is 615. The molecule has 1 saturated carbocycles. The first kappa shape index (κ1) is 17.3. The Hall–Kier alpha value is -1.05. The number of rotatable bonds is 4. The van der Waals surface area contributed by atoms with Crippen molar-refractivity contribution in [1.29, 1.82) is 0 Å². The van der Waals surface area contributed by atoms with Crippen LogP contribution < -0.4 is 0 Å². The normalized spacial score (nSPS) is 22.9. The molecule has 0 aliphatic heterocycles. The van der Waals surface area contributed by atoms with Crippen molar-refractivity contribution in [2.24, 2.45) is 17.3 Å². The Morgan fingerprint density at radius 1 is 1.36 bits per heavy atom. The van der Waals surface area contributed by atoms with Gasteiger partial charge in [-0.3, -0.25) is 4.79 Å². The third-order valence-corrected chi connectivity index (χ3v) is 5.29. The number of carbonyl (C=O) groups excluding carboxylic acids is 1. The molecule has 1 aromatic rings. The average molecular weight is 424 g/mol. The minimum atomic E-state index is -1.29. The van der Waals surface area contributed by atoms with Crippen LogP contribution in [-0.2, 0) is 16.1 Å². The smallest absolute Gasteiger partial charge is 0.310 e. The number of benzene rings is 1. The molecular weight excluding hydrogens is 408 g/mol. The molecule has 1 aromatic carbocycles. The van der Waals surface area contributed by atoms with E-state index in [-0.39, 0.29) is 26.4 Å². The molecule has 0 bridgehead atoms. The maximum atomic E-state index is 13.7. The van der Waals surface area contributed by atoms with E-state index in [0.717, 1.165) is 0 Å². The predicted octanol–water partition coefficient (Wildman–Crippen LogP) is 4.60. The van der Waals surface area contributed by atoms with E-state index in [9.17, 15) is 18.0 Å². The molecule has 0 amide bonds. The second-order valence-corrected chi connectivity index (χ2v) is 6.98. The van der Waals surface area contributed by atoms with Gasteiger partial charge in [0.2, 0.25) is 0 Å². The van der Waals surface area contributed by atoms with E-state index in [2.05, 4.69) is 0 Å². The van der Waals surface area contributed by atoms with Crippen LogP contribution in [0, 0.1) is 38.3 Å². The lowest BCUT2D eigenvalue weighted by atomic mass is 10.1. The van der Waals surface area contributed by atoms with E-state index in [4.69, 9.17) is 4.74 Å². The molecule has 0 unspecified atom stereocenters. The summed E-state index contributed by atoms with van der Waals surface area (Å²) in [7, 11) is 0. The van der Waals surface area contributed by atoms with Gasteiger partial charge in [-0.05, 0) is 40.8 Å². The topological polar surface area (TPSA) is 26.3 Å². The van der Waals surface area contributed by atoms with Crippen LogP contribution in [0.5, 0.6) is 0 Å². The summed E-state index contributed by atoms with van der Waals surface area (Å²) in [6, 6.07) is 0.481. The van der Waals surface area contributed by atoms with E-state index in [1.807, 2.05) is 32.9 Å². The van der Waals surface area contributed by atoms with E-state index in [1.165, 1.54) is 0 Å². The fraction of sp³-hybridized carbons (Fsp3) is 0.438. The third-order valence-electron chi connectivity index (χ3n) is 4.13. The van der Waals surface area contributed by atoms with Gasteiger partial charge in [-0.1, -0.05) is 26.0 Å². The van der Waals surface area contributed by atoms with Gasteiger partial charge in [0.05, 0.1) is 9.49 Å². The number of halogens is 4. The van der Waals surface area contributed by atoms with Crippen LogP contribution in [0.15, 0.2) is 18.2 Å². The number of esters is 1. The molecular formula is C16H16F3IO2. The van der Waals surface area contributed by atoms with Crippen LogP contribution in [0.25, 0.3) is 0 Å². The van der Waals surface area contributed by atoms with Crippen molar-refractivity contribution in [2.45, 2.75) is 27.4 Å². The number of allylic oxidation sites excluding steroid dienone is 2. The van der Waals surface area contributed by atoms with Gasteiger partial charge in [-0.25, -0.2) is 13.2 Å². The molecule has 120 valence electrons. The van der Waals surface area contributed by atoms with Crippen molar-refractivity contribution in [3.8, 4) is 0 Å². The zero-order valence-electron chi connectivity index (χ0n) is 12.4. The highest BCUT2D eigenvalue weighted by Crippen LogP contribution is 2.59. The van der Waals surface area contributed by atoms with Gasteiger partial charge < -0.3 is 4.74 Å². The molecule has 1 fully saturated rings. The van der Waals surface area contributed by atoms with Crippen molar-refractivity contribution in [2.75, 3.05) is 0 Å². The van der Waals surface area contributed by atoms with Crippen LogP contribution in [0.4, 0.5) is 13.2 Å². The average Bonchev–Trinajstić information content (AvgIpc) is 2.98. The Labute approximate surface area is 140 Å². The van der Waals surface area contributed by atoms with Gasteiger partial charge in [0.15, 0.2) is 11.6 Å². The Morgan fingerprint density at radius 3 is 2.59 bits per heavy atom. The highest BCUT2D eigenvalue weighted by molar-refractivity contribution is 14.1. The van der Waals surface area contributed by atoms with Gasteiger partial charge in [-0.2, -0.15) is 0 Å². The van der Waals surface area contributed by atoms with Crippen molar-refractivity contribution >= 4 is 28.6 Å². The first-order chi connectivity index (χ1) is 10.2. The number of carbonyl (C=O) groups is 1. The van der Waals surface area contributed by atoms with Crippen LogP contribution in [0.3, 0.4) is 0 Å². The summed E-state index contributed by atoms with van der Waals surface area (Å²) in [6.07, 6.45) is 3.79. The van der Waals surface area contributed by atoms with Crippen LogP contribution >= 0.6 is 22.6 Å². The third kappa shape index (κ3) is 3.02. The first-order valence-corrected chi connectivity index (χ1v) is 7.91. The SMILES string of the molecule is CC=C[C@@H]1[C@@H](C(=O)OCc2c(F)c(F)cc(F)c2I)C1(C)C. The van der Waals surface area contributed by atoms with Gasteiger partial charge >= 0.3 is 5.97 Å². The molecule has 0 heterocycles. The van der Waals surface area contributed by atoms with E-state index in [0.29, 0.717) is 6.07 Å². The zero-order chi connectivity index (χ0) is 16.7. The van der Waals surface area contributed by atoms with Crippen molar-refractivity contribution in [1.82, 2.24) is 0 Å². The lowest BCUT2D eigenvalue weighted by molar-refractivity contribution is -0.147. The van der Waals surface area contributed by atoms with Gasteiger partial charge in [0.25, 0.3) is 0 Å². The summed E-state index contributed by atoms with van der Waals surface area (Å²) in [6.45, 7) is 5.27. The zero-order valence-corrected chi connectivity index (χ0v) is 14.6. The predicted molar refractivity (Wildman–Crippen MR) is 84.4 cm³/mol. The summed E-state index contributed by atoms with van der Waals surface area (Å²) in [5.74, 6) is -4.07. The van der Waals surface area contributed by atoms with Gasteiger partial charge in [0.1, 0.15) is 12.4 Å². The minimum Gasteiger partial charge on any atom is -0.460 e. The molecule has 0 aromatic heterocycles.